The Kier molecular flexibility index (Phi) is 7.61. The number of allylic oxidation sites excluding steroid dienone is 1. The first kappa shape index (κ1) is 22.1. The van der Waals surface area contributed by atoms with Crippen molar-refractivity contribution in [2.45, 2.75) is 18.6 Å². The number of carbonyl (C=O) groups excluding carboxylic acids is 1. The van der Waals surface area contributed by atoms with E-state index in [4.69, 9.17) is 23.2 Å². The minimum Gasteiger partial charge on any atom is -0.325 e. The van der Waals surface area contributed by atoms with Crippen LogP contribution in [-0.2, 0) is 11.3 Å². The average Bonchev–Trinajstić information content (AvgIpc) is 3.05. The molecule has 150 valence electrons. The molecule has 0 saturated heterocycles. The van der Waals surface area contributed by atoms with Gasteiger partial charge in [-0.3, -0.25) is 9.36 Å². The van der Waals surface area contributed by atoms with Crippen molar-refractivity contribution in [3.8, 4) is 11.4 Å². The quantitative estimate of drug-likeness (QED) is 0.217. The lowest BCUT2D eigenvalue weighted by Gasteiger charge is -2.10. The first-order valence-corrected chi connectivity index (χ1v) is 11.4. The summed E-state index contributed by atoms with van der Waals surface area (Å²) >= 11 is 15.9. The second-order valence-corrected chi connectivity index (χ2v) is 9.16. The zero-order valence-electron chi connectivity index (χ0n) is 15.5. The maximum Gasteiger partial charge on any atom is 0.234 e. The van der Waals surface area contributed by atoms with Crippen molar-refractivity contribution >= 4 is 69.1 Å². The van der Waals surface area contributed by atoms with Crippen LogP contribution in [0.1, 0.15) is 5.56 Å². The highest BCUT2D eigenvalue weighted by molar-refractivity contribution is 14.1. The van der Waals surface area contributed by atoms with E-state index < -0.39 is 0 Å². The second kappa shape index (κ2) is 9.97. The molecule has 2 aromatic carbocycles. The number of halogens is 3. The number of nitrogens with one attached hydrogen (secondary N) is 1. The summed E-state index contributed by atoms with van der Waals surface area (Å²) in [5.41, 5.74) is 2.54. The Balaban J connectivity index is 1.76. The standard InChI is InChI=1S/C20H17Cl2IN4OS/c1-3-8-27-19(15-6-4-13(21)10-16(15)22)25-26-20(27)29-11-18(28)24-17-7-5-14(23)9-12(17)2/h3-7,9-10H,1,8,11H2,2H3,(H,24,28). The normalized spacial score (nSPS) is 10.8. The van der Waals surface area contributed by atoms with Crippen LogP contribution in [0, 0.1) is 10.5 Å². The molecule has 3 rings (SSSR count). The second-order valence-electron chi connectivity index (χ2n) is 6.13. The third-order valence-corrected chi connectivity index (χ3v) is 6.18. The molecule has 0 saturated carbocycles. The molecule has 9 heteroatoms. The molecule has 5 nitrogen and oxygen atoms in total. The minimum atomic E-state index is -0.112. The van der Waals surface area contributed by atoms with Gasteiger partial charge in [-0.05, 0) is 71.5 Å². The van der Waals surface area contributed by atoms with E-state index in [1.807, 2.05) is 29.7 Å². The van der Waals surface area contributed by atoms with E-state index in [1.165, 1.54) is 11.8 Å². The fraction of sp³-hybridized carbons (Fsp3) is 0.150. The third kappa shape index (κ3) is 5.53. The van der Waals surface area contributed by atoms with Gasteiger partial charge in [-0.25, -0.2) is 0 Å². The molecule has 1 aromatic heterocycles. The van der Waals surface area contributed by atoms with E-state index in [0.29, 0.717) is 27.6 Å². The molecule has 0 radical (unpaired) electrons. The zero-order valence-corrected chi connectivity index (χ0v) is 19.9. The summed E-state index contributed by atoms with van der Waals surface area (Å²) in [6.45, 7) is 6.25. The number of anilines is 1. The van der Waals surface area contributed by atoms with Gasteiger partial charge in [-0.15, -0.1) is 16.8 Å². The van der Waals surface area contributed by atoms with Crippen molar-refractivity contribution in [1.29, 1.82) is 0 Å². The third-order valence-electron chi connectivity index (χ3n) is 4.00. The first-order valence-electron chi connectivity index (χ1n) is 8.57. The largest absolute Gasteiger partial charge is 0.325 e. The maximum atomic E-state index is 12.4. The summed E-state index contributed by atoms with van der Waals surface area (Å²) in [6.07, 6.45) is 1.75. The van der Waals surface area contributed by atoms with Crippen LogP contribution in [0.5, 0.6) is 0 Å². The minimum absolute atomic E-state index is 0.112. The first-order chi connectivity index (χ1) is 13.9. The molecule has 0 unspecified atom stereocenters. The van der Waals surface area contributed by atoms with Crippen molar-refractivity contribution in [1.82, 2.24) is 14.8 Å². The number of aryl methyl sites for hydroxylation is 1. The molecule has 1 N–H and O–H groups in total. The number of carbonyl (C=O) groups is 1. The van der Waals surface area contributed by atoms with Gasteiger partial charge in [-0.2, -0.15) is 0 Å². The fourth-order valence-corrected chi connectivity index (χ4v) is 4.53. The van der Waals surface area contributed by atoms with Crippen LogP contribution < -0.4 is 5.32 Å². The van der Waals surface area contributed by atoms with Gasteiger partial charge in [-0.1, -0.05) is 41.0 Å². The fourth-order valence-electron chi connectivity index (χ4n) is 2.64. The van der Waals surface area contributed by atoms with E-state index in [9.17, 15) is 4.79 Å². The molecule has 0 aliphatic heterocycles. The molecular weight excluding hydrogens is 542 g/mol. The highest BCUT2D eigenvalue weighted by Crippen LogP contribution is 2.31. The molecule has 1 heterocycles. The Hall–Kier alpha value is -1.55. The van der Waals surface area contributed by atoms with E-state index in [0.717, 1.165) is 20.4 Å². The van der Waals surface area contributed by atoms with Gasteiger partial charge in [0.05, 0.1) is 10.8 Å². The number of benzene rings is 2. The topological polar surface area (TPSA) is 59.8 Å². The van der Waals surface area contributed by atoms with Gasteiger partial charge in [0.15, 0.2) is 11.0 Å². The Bertz CT molecular complexity index is 1070. The Morgan fingerprint density at radius 1 is 1.28 bits per heavy atom. The highest BCUT2D eigenvalue weighted by Gasteiger charge is 2.17. The summed E-state index contributed by atoms with van der Waals surface area (Å²) < 4.78 is 2.99. The van der Waals surface area contributed by atoms with E-state index >= 15 is 0 Å². The lowest BCUT2D eigenvalue weighted by atomic mass is 10.2. The smallest absolute Gasteiger partial charge is 0.234 e. The lowest BCUT2D eigenvalue weighted by molar-refractivity contribution is -0.113. The summed E-state index contributed by atoms with van der Waals surface area (Å²) in [7, 11) is 0. The van der Waals surface area contributed by atoms with Gasteiger partial charge in [0, 0.05) is 26.4 Å². The van der Waals surface area contributed by atoms with E-state index in [-0.39, 0.29) is 11.7 Å². The van der Waals surface area contributed by atoms with Gasteiger partial charge in [0.1, 0.15) is 0 Å². The molecule has 0 aliphatic rings. The van der Waals surface area contributed by atoms with E-state index in [2.05, 4.69) is 44.7 Å². The molecular formula is C20H17Cl2IN4OS. The SMILES string of the molecule is C=CCn1c(SCC(=O)Nc2ccc(I)cc2C)nnc1-c1ccc(Cl)cc1Cl. The number of nitrogens with zero attached hydrogens (tertiary/aromatic N) is 3. The number of aromatic nitrogens is 3. The van der Waals surface area contributed by atoms with Crippen LogP contribution in [-0.4, -0.2) is 26.4 Å². The van der Waals surface area contributed by atoms with Gasteiger partial charge < -0.3 is 5.32 Å². The van der Waals surface area contributed by atoms with Crippen molar-refractivity contribution in [3.63, 3.8) is 0 Å². The Morgan fingerprint density at radius 3 is 2.76 bits per heavy atom. The van der Waals surface area contributed by atoms with Crippen LogP contribution in [0.4, 0.5) is 5.69 Å². The predicted octanol–water partition coefficient (Wildman–Crippen LogP) is 6.08. The number of thioether (sulfide) groups is 1. The molecule has 0 atom stereocenters. The monoisotopic (exact) mass is 558 g/mol. The van der Waals surface area contributed by atoms with Gasteiger partial charge in [0.2, 0.25) is 5.91 Å². The predicted molar refractivity (Wildman–Crippen MR) is 129 cm³/mol. The molecule has 3 aromatic rings. The summed E-state index contributed by atoms with van der Waals surface area (Å²) in [6, 6.07) is 11.1. The van der Waals surface area contributed by atoms with Crippen LogP contribution in [0.15, 0.2) is 54.2 Å². The number of hydrogen-bond donors (Lipinski definition) is 1. The highest BCUT2D eigenvalue weighted by atomic mass is 127. The van der Waals surface area contributed by atoms with Crippen LogP contribution in [0.2, 0.25) is 10.0 Å². The Morgan fingerprint density at radius 2 is 2.07 bits per heavy atom. The van der Waals surface area contributed by atoms with Crippen molar-refractivity contribution in [2.75, 3.05) is 11.1 Å². The van der Waals surface area contributed by atoms with Crippen molar-refractivity contribution in [2.24, 2.45) is 0 Å². The molecule has 29 heavy (non-hydrogen) atoms. The number of hydrogen-bond acceptors (Lipinski definition) is 4. The zero-order chi connectivity index (χ0) is 21.0. The average molecular weight is 559 g/mol. The van der Waals surface area contributed by atoms with Gasteiger partial charge in [0.25, 0.3) is 0 Å². The van der Waals surface area contributed by atoms with Crippen LogP contribution in [0.25, 0.3) is 11.4 Å². The van der Waals surface area contributed by atoms with Gasteiger partial charge >= 0.3 is 0 Å². The molecule has 0 fully saturated rings. The summed E-state index contributed by atoms with van der Waals surface area (Å²) in [4.78, 5) is 12.4. The molecule has 0 spiro atoms. The Labute approximate surface area is 197 Å². The van der Waals surface area contributed by atoms with Crippen molar-refractivity contribution in [3.05, 3.63) is 68.2 Å². The maximum absolute atomic E-state index is 12.4. The van der Waals surface area contributed by atoms with Crippen molar-refractivity contribution < 1.29 is 4.79 Å². The number of amides is 1. The molecule has 0 bridgehead atoms. The summed E-state index contributed by atoms with van der Waals surface area (Å²) in [5.74, 6) is 0.691. The molecule has 1 amide bonds. The summed E-state index contributed by atoms with van der Waals surface area (Å²) in [5, 5.41) is 13.1. The van der Waals surface area contributed by atoms with E-state index in [1.54, 1.807) is 24.3 Å². The molecule has 0 aliphatic carbocycles. The van der Waals surface area contributed by atoms with Crippen LogP contribution in [0.3, 0.4) is 0 Å². The van der Waals surface area contributed by atoms with Crippen LogP contribution >= 0.6 is 57.6 Å². The lowest BCUT2D eigenvalue weighted by Crippen LogP contribution is -2.15. The number of rotatable bonds is 7.